The van der Waals surface area contributed by atoms with Gasteiger partial charge in [0.2, 0.25) is 5.91 Å². The number of carbonyl (C=O) groups is 1. The van der Waals surface area contributed by atoms with E-state index in [0.717, 1.165) is 25.3 Å². The third kappa shape index (κ3) is 2.87. The van der Waals surface area contributed by atoms with Crippen LogP contribution < -0.4 is 11.1 Å². The Balaban J connectivity index is 1.74. The number of nitrogens with one attached hydrogen (secondary N) is 1. The first-order chi connectivity index (χ1) is 8.55. The second kappa shape index (κ2) is 5.60. The molecule has 18 heavy (non-hydrogen) atoms. The first-order valence-electron chi connectivity index (χ1n) is 7.54. The van der Waals surface area contributed by atoms with Crippen molar-refractivity contribution in [1.82, 2.24) is 5.32 Å². The molecular formula is C15H28N2O. The molecule has 0 spiro atoms. The maximum absolute atomic E-state index is 12.2. The normalized spacial score (nSPS) is 40.1. The second-order valence-corrected chi connectivity index (χ2v) is 6.83. The van der Waals surface area contributed by atoms with Gasteiger partial charge in [-0.05, 0) is 43.4 Å². The maximum atomic E-state index is 12.2. The highest BCUT2D eigenvalue weighted by Gasteiger charge is 2.47. The molecule has 2 aliphatic carbocycles. The van der Waals surface area contributed by atoms with Crippen LogP contribution in [0, 0.1) is 23.2 Å². The van der Waals surface area contributed by atoms with Gasteiger partial charge in [0.25, 0.3) is 0 Å². The lowest BCUT2D eigenvalue weighted by Gasteiger charge is -2.44. The van der Waals surface area contributed by atoms with Gasteiger partial charge >= 0.3 is 0 Å². The summed E-state index contributed by atoms with van der Waals surface area (Å²) in [4.78, 5) is 12.2. The summed E-state index contributed by atoms with van der Waals surface area (Å²) in [6.45, 7) is 5.89. The van der Waals surface area contributed by atoms with Crippen LogP contribution in [0.15, 0.2) is 0 Å². The average molecular weight is 252 g/mol. The minimum absolute atomic E-state index is 0.210. The van der Waals surface area contributed by atoms with Gasteiger partial charge in [-0.15, -0.1) is 0 Å². The molecule has 0 heterocycles. The number of hydrogen-bond donors (Lipinski definition) is 2. The largest absolute Gasteiger partial charge is 0.355 e. The molecule has 104 valence electrons. The van der Waals surface area contributed by atoms with Crippen LogP contribution in [0.3, 0.4) is 0 Å². The maximum Gasteiger partial charge on any atom is 0.227 e. The van der Waals surface area contributed by atoms with E-state index in [-0.39, 0.29) is 11.3 Å². The van der Waals surface area contributed by atoms with Crippen molar-refractivity contribution >= 4 is 5.91 Å². The molecular weight excluding hydrogens is 224 g/mol. The number of hydrogen-bond acceptors (Lipinski definition) is 2. The number of rotatable bonds is 4. The molecule has 2 fully saturated rings. The van der Waals surface area contributed by atoms with E-state index in [1.54, 1.807) is 0 Å². The molecule has 3 nitrogen and oxygen atoms in total. The summed E-state index contributed by atoms with van der Waals surface area (Å²) < 4.78 is 0. The van der Waals surface area contributed by atoms with E-state index in [4.69, 9.17) is 5.73 Å². The second-order valence-electron chi connectivity index (χ2n) is 6.83. The number of amides is 1. The average Bonchev–Trinajstić information content (AvgIpc) is 2.33. The van der Waals surface area contributed by atoms with Gasteiger partial charge in [-0.25, -0.2) is 0 Å². The molecule has 2 aliphatic rings. The summed E-state index contributed by atoms with van der Waals surface area (Å²) in [5.74, 6) is 2.44. The highest BCUT2D eigenvalue weighted by molar-refractivity contribution is 5.83. The fraction of sp³-hybridized carbons (Fsp3) is 0.933. The van der Waals surface area contributed by atoms with Gasteiger partial charge < -0.3 is 11.1 Å². The van der Waals surface area contributed by atoms with E-state index >= 15 is 0 Å². The van der Waals surface area contributed by atoms with Gasteiger partial charge in [0, 0.05) is 13.1 Å². The lowest BCUT2D eigenvalue weighted by molar-refractivity contribution is -0.138. The van der Waals surface area contributed by atoms with E-state index < -0.39 is 0 Å². The van der Waals surface area contributed by atoms with Crippen LogP contribution in [0.1, 0.15) is 52.4 Å². The third-order valence-electron chi connectivity index (χ3n) is 5.04. The first-order valence-corrected chi connectivity index (χ1v) is 7.54. The van der Waals surface area contributed by atoms with Crippen LogP contribution in [0.4, 0.5) is 0 Å². The molecule has 2 rings (SSSR count). The zero-order valence-corrected chi connectivity index (χ0v) is 11.9. The fourth-order valence-electron chi connectivity index (χ4n) is 3.68. The molecule has 0 atom stereocenters. The van der Waals surface area contributed by atoms with Crippen LogP contribution in [0.2, 0.25) is 0 Å². The van der Waals surface area contributed by atoms with Gasteiger partial charge in [-0.2, -0.15) is 0 Å². The van der Waals surface area contributed by atoms with Crippen molar-refractivity contribution < 1.29 is 4.79 Å². The lowest BCUT2D eigenvalue weighted by atomic mass is 9.62. The van der Waals surface area contributed by atoms with E-state index in [0.29, 0.717) is 18.4 Å². The summed E-state index contributed by atoms with van der Waals surface area (Å²) in [7, 11) is 0. The Kier molecular flexibility index (Phi) is 4.31. The van der Waals surface area contributed by atoms with Crippen molar-refractivity contribution in [2.45, 2.75) is 52.4 Å². The quantitative estimate of drug-likeness (QED) is 0.806. The monoisotopic (exact) mass is 252 g/mol. The summed E-state index contributed by atoms with van der Waals surface area (Å²) in [6.07, 6.45) is 7.12. The molecule has 0 unspecified atom stereocenters. The molecule has 0 aliphatic heterocycles. The topological polar surface area (TPSA) is 55.1 Å². The lowest BCUT2D eigenvalue weighted by Crippen LogP contribution is -2.54. The predicted octanol–water partition coefficient (Wildman–Crippen LogP) is 2.30. The molecule has 3 heteroatoms. The van der Waals surface area contributed by atoms with Crippen LogP contribution in [0.25, 0.3) is 0 Å². The SMILES string of the molecule is CC1CCC(CNC(=O)C2(CN)CC(C)C2)CC1. The number of carbonyl (C=O) groups excluding carboxylic acids is 1. The zero-order chi connectivity index (χ0) is 13.2. The predicted molar refractivity (Wildman–Crippen MR) is 74.0 cm³/mol. The highest BCUT2D eigenvalue weighted by atomic mass is 16.2. The van der Waals surface area contributed by atoms with Crippen LogP contribution >= 0.6 is 0 Å². The Labute approximate surface area is 111 Å². The first kappa shape index (κ1) is 13.9. The van der Waals surface area contributed by atoms with E-state index in [2.05, 4.69) is 19.2 Å². The summed E-state index contributed by atoms with van der Waals surface area (Å²) in [5.41, 5.74) is 5.56. The van der Waals surface area contributed by atoms with Gasteiger partial charge in [0.15, 0.2) is 0 Å². The molecule has 3 N–H and O–H groups in total. The minimum atomic E-state index is -0.235. The molecule has 0 saturated heterocycles. The van der Waals surface area contributed by atoms with E-state index in [1.165, 1.54) is 25.7 Å². The van der Waals surface area contributed by atoms with Crippen molar-refractivity contribution in [1.29, 1.82) is 0 Å². The van der Waals surface area contributed by atoms with Crippen molar-refractivity contribution in [3.8, 4) is 0 Å². The summed E-state index contributed by atoms with van der Waals surface area (Å²) in [6, 6.07) is 0. The van der Waals surface area contributed by atoms with Crippen LogP contribution in [0.5, 0.6) is 0 Å². The van der Waals surface area contributed by atoms with Crippen molar-refractivity contribution in [2.75, 3.05) is 13.1 Å². The van der Waals surface area contributed by atoms with Crippen molar-refractivity contribution in [3.05, 3.63) is 0 Å². The molecule has 0 bridgehead atoms. The van der Waals surface area contributed by atoms with Gasteiger partial charge in [0.1, 0.15) is 0 Å². The van der Waals surface area contributed by atoms with Crippen LogP contribution in [-0.2, 0) is 4.79 Å². The van der Waals surface area contributed by atoms with E-state index in [1.807, 2.05) is 0 Å². The van der Waals surface area contributed by atoms with Gasteiger partial charge in [0.05, 0.1) is 5.41 Å². The molecule has 0 aromatic carbocycles. The zero-order valence-electron chi connectivity index (χ0n) is 11.9. The molecule has 0 aromatic heterocycles. The van der Waals surface area contributed by atoms with E-state index in [9.17, 15) is 4.79 Å². The fourth-order valence-corrected chi connectivity index (χ4v) is 3.68. The van der Waals surface area contributed by atoms with Crippen LogP contribution in [-0.4, -0.2) is 19.0 Å². The molecule has 0 aromatic rings. The Morgan fingerprint density at radius 3 is 2.28 bits per heavy atom. The molecule has 1 amide bonds. The minimum Gasteiger partial charge on any atom is -0.355 e. The summed E-state index contributed by atoms with van der Waals surface area (Å²) in [5, 5.41) is 3.16. The smallest absolute Gasteiger partial charge is 0.227 e. The van der Waals surface area contributed by atoms with Crippen molar-refractivity contribution in [2.24, 2.45) is 28.9 Å². The Morgan fingerprint density at radius 1 is 1.17 bits per heavy atom. The Hall–Kier alpha value is -0.570. The standard InChI is InChI=1S/C15H28N2O/c1-11-3-5-13(6-4-11)9-17-14(18)15(10-16)7-12(2)8-15/h11-13H,3-10,16H2,1-2H3,(H,17,18). The molecule has 2 saturated carbocycles. The summed E-state index contributed by atoms with van der Waals surface area (Å²) >= 11 is 0. The van der Waals surface area contributed by atoms with Gasteiger partial charge in [-0.3, -0.25) is 4.79 Å². The number of nitrogens with two attached hydrogens (primary N) is 1. The van der Waals surface area contributed by atoms with Crippen molar-refractivity contribution in [3.63, 3.8) is 0 Å². The Morgan fingerprint density at radius 2 is 1.78 bits per heavy atom. The molecule has 0 radical (unpaired) electrons. The van der Waals surface area contributed by atoms with Gasteiger partial charge in [-0.1, -0.05) is 26.7 Å². The highest BCUT2D eigenvalue weighted by Crippen LogP contribution is 2.44. The third-order valence-corrected chi connectivity index (χ3v) is 5.04. The Bertz CT molecular complexity index is 289.